The van der Waals surface area contributed by atoms with E-state index in [1.165, 1.54) is 19.4 Å². The molecule has 110 valence electrons. The van der Waals surface area contributed by atoms with Crippen molar-refractivity contribution in [3.05, 3.63) is 0 Å². The third kappa shape index (κ3) is 3.27. The van der Waals surface area contributed by atoms with Crippen molar-refractivity contribution < 1.29 is 9.53 Å². The second-order valence-electron chi connectivity index (χ2n) is 6.26. The van der Waals surface area contributed by atoms with Gasteiger partial charge in [0.1, 0.15) is 5.41 Å². The zero-order chi connectivity index (χ0) is 13.9. The van der Waals surface area contributed by atoms with Crippen LogP contribution in [0.4, 0.5) is 0 Å². The van der Waals surface area contributed by atoms with Crippen LogP contribution in [0.1, 0.15) is 19.3 Å². The number of piperidine rings is 1. The summed E-state index contributed by atoms with van der Waals surface area (Å²) in [6.07, 6.45) is 3.66. The van der Waals surface area contributed by atoms with Crippen molar-refractivity contribution in [1.29, 1.82) is 0 Å². The van der Waals surface area contributed by atoms with E-state index in [0.29, 0.717) is 19.8 Å². The van der Waals surface area contributed by atoms with Crippen molar-refractivity contribution in [1.82, 2.24) is 9.80 Å². The van der Waals surface area contributed by atoms with E-state index in [9.17, 15) is 4.79 Å². The maximum Gasteiger partial charge on any atom is 0.234 e. The number of carbonyl (C=O) groups is 1. The van der Waals surface area contributed by atoms with E-state index in [1.807, 2.05) is 11.9 Å². The summed E-state index contributed by atoms with van der Waals surface area (Å²) in [4.78, 5) is 16.6. The molecular weight excluding hydrogens is 242 g/mol. The maximum atomic E-state index is 12.4. The van der Waals surface area contributed by atoms with Gasteiger partial charge in [-0.3, -0.25) is 4.79 Å². The molecule has 5 nitrogen and oxygen atoms in total. The standard InChI is InChI=1S/C14H27N3O2/c1-16-6-3-4-12(8-16)5-7-17(2)13(18)14(9-15)10-19-11-14/h12H,3-11,15H2,1-2H3. The summed E-state index contributed by atoms with van der Waals surface area (Å²) >= 11 is 0. The Balaban J connectivity index is 1.77. The van der Waals surface area contributed by atoms with Crippen LogP contribution in [-0.4, -0.2) is 69.2 Å². The number of hydrogen-bond donors (Lipinski definition) is 1. The minimum atomic E-state index is -0.432. The minimum absolute atomic E-state index is 0.158. The third-order valence-electron chi connectivity index (χ3n) is 4.54. The fourth-order valence-electron chi connectivity index (χ4n) is 3.07. The Bertz CT molecular complexity index is 312. The van der Waals surface area contributed by atoms with Crippen LogP contribution in [-0.2, 0) is 9.53 Å². The Morgan fingerprint density at radius 2 is 2.26 bits per heavy atom. The van der Waals surface area contributed by atoms with E-state index in [0.717, 1.165) is 25.4 Å². The first-order valence-corrected chi connectivity index (χ1v) is 7.29. The Labute approximate surface area is 116 Å². The molecule has 1 amide bonds. The third-order valence-corrected chi connectivity index (χ3v) is 4.54. The monoisotopic (exact) mass is 269 g/mol. The number of nitrogens with two attached hydrogens (primary N) is 1. The molecule has 2 rings (SSSR count). The summed E-state index contributed by atoms with van der Waals surface area (Å²) in [6, 6.07) is 0. The van der Waals surface area contributed by atoms with Gasteiger partial charge in [-0.15, -0.1) is 0 Å². The van der Waals surface area contributed by atoms with E-state index >= 15 is 0 Å². The maximum absolute atomic E-state index is 12.4. The van der Waals surface area contributed by atoms with Crippen LogP contribution in [0.5, 0.6) is 0 Å². The number of ether oxygens (including phenoxy) is 1. The zero-order valence-corrected chi connectivity index (χ0v) is 12.2. The predicted molar refractivity (Wildman–Crippen MR) is 74.8 cm³/mol. The van der Waals surface area contributed by atoms with Gasteiger partial charge in [-0.25, -0.2) is 0 Å². The van der Waals surface area contributed by atoms with Crippen molar-refractivity contribution >= 4 is 5.91 Å². The number of carbonyl (C=O) groups excluding carboxylic acids is 1. The summed E-state index contributed by atoms with van der Waals surface area (Å²) < 4.78 is 5.17. The zero-order valence-electron chi connectivity index (χ0n) is 12.2. The Morgan fingerprint density at radius 3 is 2.79 bits per heavy atom. The van der Waals surface area contributed by atoms with Gasteiger partial charge in [-0.1, -0.05) is 0 Å². The van der Waals surface area contributed by atoms with Gasteiger partial charge in [0.05, 0.1) is 13.2 Å². The van der Waals surface area contributed by atoms with Crippen LogP contribution in [0.15, 0.2) is 0 Å². The molecule has 1 unspecified atom stereocenters. The predicted octanol–water partition coefficient (Wildman–Crippen LogP) is 0.152. The van der Waals surface area contributed by atoms with Crippen molar-refractivity contribution in [2.45, 2.75) is 19.3 Å². The van der Waals surface area contributed by atoms with Gasteiger partial charge in [-0.05, 0) is 38.8 Å². The van der Waals surface area contributed by atoms with Gasteiger partial charge in [0.2, 0.25) is 5.91 Å². The second kappa shape index (κ2) is 6.20. The van der Waals surface area contributed by atoms with Crippen molar-refractivity contribution in [2.24, 2.45) is 17.1 Å². The first kappa shape index (κ1) is 14.8. The minimum Gasteiger partial charge on any atom is -0.379 e. The molecule has 0 aromatic rings. The van der Waals surface area contributed by atoms with Crippen molar-refractivity contribution in [3.8, 4) is 0 Å². The first-order valence-electron chi connectivity index (χ1n) is 7.29. The smallest absolute Gasteiger partial charge is 0.234 e. The SMILES string of the molecule is CN1CCCC(CCN(C)C(=O)C2(CN)COC2)C1. The highest BCUT2D eigenvalue weighted by Gasteiger charge is 2.46. The number of rotatable bonds is 5. The van der Waals surface area contributed by atoms with Crippen LogP contribution in [0.2, 0.25) is 0 Å². The van der Waals surface area contributed by atoms with E-state index in [4.69, 9.17) is 10.5 Å². The number of amides is 1. The fourth-order valence-corrected chi connectivity index (χ4v) is 3.07. The molecule has 19 heavy (non-hydrogen) atoms. The molecule has 2 saturated heterocycles. The van der Waals surface area contributed by atoms with Gasteiger partial charge < -0.3 is 20.3 Å². The van der Waals surface area contributed by atoms with Crippen molar-refractivity contribution in [3.63, 3.8) is 0 Å². The molecule has 2 aliphatic heterocycles. The van der Waals surface area contributed by atoms with E-state index in [1.54, 1.807) is 0 Å². The number of nitrogens with zero attached hydrogens (tertiary/aromatic N) is 2. The molecule has 0 spiro atoms. The van der Waals surface area contributed by atoms with Gasteiger partial charge >= 0.3 is 0 Å². The first-order chi connectivity index (χ1) is 9.07. The Hall–Kier alpha value is -0.650. The lowest BCUT2D eigenvalue weighted by Gasteiger charge is -2.41. The number of likely N-dealkylation sites (tertiary alicyclic amines) is 1. The average Bonchev–Trinajstić information content (AvgIpc) is 2.35. The highest BCUT2D eigenvalue weighted by atomic mass is 16.5. The summed E-state index contributed by atoms with van der Waals surface area (Å²) in [5, 5.41) is 0. The molecule has 0 radical (unpaired) electrons. The van der Waals surface area contributed by atoms with E-state index in [-0.39, 0.29) is 5.91 Å². The van der Waals surface area contributed by atoms with Crippen LogP contribution in [0.3, 0.4) is 0 Å². The Morgan fingerprint density at radius 1 is 1.53 bits per heavy atom. The molecule has 0 saturated carbocycles. The largest absolute Gasteiger partial charge is 0.379 e. The highest BCUT2D eigenvalue weighted by Crippen LogP contribution is 2.28. The molecule has 0 aromatic heterocycles. The highest BCUT2D eigenvalue weighted by molar-refractivity contribution is 5.83. The topological polar surface area (TPSA) is 58.8 Å². The molecular formula is C14H27N3O2. The summed E-state index contributed by atoms with van der Waals surface area (Å²) in [6.45, 7) is 4.56. The van der Waals surface area contributed by atoms with Gasteiger partial charge in [-0.2, -0.15) is 0 Å². The summed E-state index contributed by atoms with van der Waals surface area (Å²) in [7, 11) is 4.07. The van der Waals surface area contributed by atoms with Crippen LogP contribution < -0.4 is 5.73 Å². The van der Waals surface area contributed by atoms with Crippen molar-refractivity contribution in [2.75, 3.05) is 53.5 Å². The van der Waals surface area contributed by atoms with Crippen LogP contribution in [0, 0.1) is 11.3 Å². The molecule has 0 aromatic carbocycles. The second-order valence-corrected chi connectivity index (χ2v) is 6.26. The molecule has 2 N–H and O–H groups in total. The molecule has 2 heterocycles. The van der Waals surface area contributed by atoms with Gasteiger partial charge in [0, 0.05) is 26.7 Å². The molecule has 0 aliphatic carbocycles. The molecule has 2 aliphatic rings. The van der Waals surface area contributed by atoms with Gasteiger partial charge in [0.25, 0.3) is 0 Å². The molecule has 5 heteroatoms. The average molecular weight is 269 g/mol. The number of hydrogen-bond acceptors (Lipinski definition) is 4. The van der Waals surface area contributed by atoms with Crippen LogP contribution in [0.25, 0.3) is 0 Å². The molecule has 2 fully saturated rings. The van der Waals surface area contributed by atoms with Gasteiger partial charge in [0.15, 0.2) is 0 Å². The fraction of sp³-hybridized carbons (Fsp3) is 0.929. The van der Waals surface area contributed by atoms with E-state index in [2.05, 4.69) is 11.9 Å². The van der Waals surface area contributed by atoms with E-state index < -0.39 is 5.41 Å². The normalized spacial score (nSPS) is 26.8. The lowest BCUT2D eigenvalue weighted by atomic mass is 9.84. The molecule has 0 bridgehead atoms. The van der Waals surface area contributed by atoms with Crippen LogP contribution >= 0.6 is 0 Å². The quantitative estimate of drug-likeness (QED) is 0.772. The lowest BCUT2D eigenvalue weighted by molar-refractivity contribution is -0.169. The summed E-state index contributed by atoms with van der Waals surface area (Å²) in [5.74, 6) is 0.880. The summed E-state index contributed by atoms with van der Waals surface area (Å²) in [5.41, 5.74) is 5.30. The Kier molecular flexibility index (Phi) is 4.81. The molecule has 1 atom stereocenters. The lowest BCUT2D eigenvalue weighted by Crippen LogP contribution is -2.58.